The lowest BCUT2D eigenvalue weighted by Gasteiger charge is -2.01. The summed E-state index contributed by atoms with van der Waals surface area (Å²) in [5.74, 6) is 0. The molecule has 2 heterocycles. The molecule has 16 heavy (non-hydrogen) atoms. The van der Waals surface area contributed by atoms with E-state index in [1.807, 2.05) is 12.4 Å². The van der Waals surface area contributed by atoms with E-state index in [1.165, 1.54) is 24.8 Å². The van der Waals surface area contributed by atoms with Crippen molar-refractivity contribution in [1.29, 1.82) is 0 Å². The number of rotatable bonds is 1. The van der Waals surface area contributed by atoms with Gasteiger partial charge in [0.05, 0.1) is 0 Å². The summed E-state index contributed by atoms with van der Waals surface area (Å²) in [6.07, 6.45) is 9.67. The fourth-order valence-corrected chi connectivity index (χ4v) is 1.78. The summed E-state index contributed by atoms with van der Waals surface area (Å²) in [6, 6.07) is 4.12. The highest BCUT2D eigenvalue weighted by atomic mass is 35.5. The maximum atomic E-state index is 4.02. The lowest BCUT2D eigenvalue weighted by molar-refractivity contribution is 0.703. The van der Waals surface area contributed by atoms with Gasteiger partial charge in [-0.3, -0.25) is 4.98 Å². The van der Waals surface area contributed by atoms with Crippen LogP contribution in [0.2, 0.25) is 0 Å². The third-order valence-electron chi connectivity index (χ3n) is 2.55. The van der Waals surface area contributed by atoms with Gasteiger partial charge in [-0.2, -0.15) is 0 Å². The van der Waals surface area contributed by atoms with Gasteiger partial charge in [0, 0.05) is 12.4 Å². The molecule has 1 aliphatic heterocycles. The van der Waals surface area contributed by atoms with Crippen LogP contribution in [0.1, 0.15) is 24.8 Å². The molecule has 0 bridgehead atoms. The summed E-state index contributed by atoms with van der Waals surface area (Å²) in [5, 5.41) is 3.41. The van der Waals surface area contributed by atoms with Crippen molar-refractivity contribution in [3.8, 4) is 0 Å². The van der Waals surface area contributed by atoms with E-state index in [0.29, 0.717) is 0 Å². The molecule has 4 heteroatoms. The topological polar surface area (TPSA) is 24.9 Å². The molecule has 2 nitrogen and oxygen atoms in total. The van der Waals surface area contributed by atoms with Crippen molar-refractivity contribution in [3.63, 3.8) is 0 Å². The van der Waals surface area contributed by atoms with Crippen molar-refractivity contribution < 1.29 is 0 Å². The molecule has 1 aliphatic rings. The van der Waals surface area contributed by atoms with E-state index in [0.717, 1.165) is 13.1 Å². The van der Waals surface area contributed by atoms with Gasteiger partial charge in [-0.1, -0.05) is 11.6 Å². The second-order valence-corrected chi connectivity index (χ2v) is 3.69. The SMILES string of the molecule is C(=C1\CCCNCC1)/c1ccncc1.Cl.Cl. The van der Waals surface area contributed by atoms with Crippen LogP contribution in [0.4, 0.5) is 0 Å². The Hall–Kier alpha value is -0.570. The Morgan fingerprint density at radius 3 is 2.56 bits per heavy atom. The number of pyridine rings is 1. The number of nitrogens with zero attached hydrogens (tertiary/aromatic N) is 1. The molecule has 0 aliphatic carbocycles. The van der Waals surface area contributed by atoms with Crippen LogP contribution in [0.5, 0.6) is 0 Å². The highest BCUT2D eigenvalue weighted by Crippen LogP contribution is 2.15. The average Bonchev–Trinajstić information content (AvgIpc) is 2.48. The number of halogens is 2. The van der Waals surface area contributed by atoms with Gasteiger partial charge in [0.15, 0.2) is 0 Å². The molecule has 0 aromatic carbocycles. The molecule has 0 radical (unpaired) electrons. The van der Waals surface area contributed by atoms with Crippen molar-refractivity contribution in [3.05, 3.63) is 35.7 Å². The predicted octanol–water partition coefficient (Wildman–Crippen LogP) is 3.08. The molecule has 0 spiro atoms. The molecule has 0 amide bonds. The molecule has 1 aromatic rings. The zero-order chi connectivity index (χ0) is 9.64. The van der Waals surface area contributed by atoms with Crippen molar-refractivity contribution >= 4 is 30.9 Å². The van der Waals surface area contributed by atoms with Crippen LogP contribution in [0.15, 0.2) is 30.1 Å². The number of nitrogens with one attached hydrogen (secondary N) is 1. The highest BCUT2D eigenvalue weighted by molar-refractivity contribution is 5.85. The molecule has 0 saturated carbocycles. The first-order chi connectivity index (χ1) is 6.95. The Labute approximate surface area is 109 Å². The first-order valence-corrected chi connectivity index (χ1v) is 5.25. The van der Waals surface area contributed by atoms with Crippen LogP contribution in [0.3, 0.4) is 0 Å². The quantitative estimate of drug-likeness (QED) is 0.840. The molecule has 1 fully saturated rings. The molecule has 0 atom stereocenters. The van der Waals surface area contributed by atoms with Crippen molar-refractivity contribution in [1.82, 2.24) is 10.3 Å². The fraction of sp³-hybridized carbons (Fsp3) is 0.417. The number of aromatic nitrogens is 1. The van der Waals surface area contributed by atoms with Gasteiger partial charge in [-0.25, -0.2) is 0 Å². The zero-order valence-electron chi connectivity index (χ0n) is 9.19. The van der Waals surface area contributed by atoms with E-state index in [-0.39, 0.29) is 24.8 Å². The summed E-state index contributed by atoms with van der Waals surface area (Å²) in [4.78, 5) is 4.02. The van der Waals surface area contributed by atoms with Crippen LogP contribution in [-0.4, -0.2) is 18.1 Å². The first-order valence-electron chi connectivity index (χ1n) is 5.25. The maximum Gasteiger partial charge on any atom is 0.0273 e. The minimum absolute atomic E-state index is 0. The Bertz CT molecular complexity index is 302. The van der Waals surface area contributed by atoms with Crippen molar-refractivity contribution in [2.75, 3.05) is 13.1 Å². The lowest BCUT2D eigenvalue weighted by Crippen LogP contribution is -2.13. The molecular weight excluding hydrogens is 243 g/mol. The van der Waals surface area contributed by atoms with E-state index in [4.69, 9.17) is 0 Å². The third kappa shape index (κ3) is 4.97. The van der Waals surface area contributed by atoms with Gasteiger partial charge in [0.25, 0.3) is 0 Å². The normalized spacial score (nSPS) is 18.1. The van der Waals surface area contributed by atoms with Crippen molar-refractivity contribution in [2.45, 2.75) is 19.3 Å². The monoisotopic (exact) mass is 260 g/mol. The minimum atomic E-state index is 0. The highest BCUT2D eigenvalue weighted by Gasteiger charge is 2.02. The predicted molar refractivity (Wildman–Crippen MR) is 73.4 cm³/mol. The van der Waals surface area contributed by atoms with E-state index in [2.05, 4.69) is 28.5 Å². The fourth-order valence-electron chi connectivity index (χ4n) is 1.78. The summed E-state index contributed by atoms with van der Waals surface area (Å²) < 4.78 is 0. The van der Waals surface area contributed by atoms with Gasteiger partial charge >= 0.3 is 0 Å². The molecule has 0 unspecified atom stereocenters. The van der Waals surface area contributed by atoms with Crippen LogP contribution < -0.4 is 5.32 Å². The maximum absolute atomic E-state index is 4.02. The van der Waals surface area contributed by atoms with Gasteiger partial charge in [0.1, 0.15) is 0 Å². The van der Waals surface area contributed by atoms with Gasteiger partial charge in [0.2, 0.25) is 0 Å². The lowest BCUT2D eigenvalue weighted by atomic mass is 10.1. The second-order valence-electron chi connectivity index (χ2n) is 3.69. The Balaban J connectivity index is 0.00000112. The summed E-state index contributed by atoms with van der Waals surface area (Å²) >= 11 is 0. The van der Waals surface area contributed by atoms with E-state index >= 15 is 0 Å². The smallest absolute Gasteiger partial charge is 0.0273 e. The Morgan fingerprint density at radius 2 is 1.81 bits per heavy atom. The van der Waals surface area contributed by atoms with E-state index in [9.17, 15) is 0 Å². The van der Waals surface area contributed by atoms with Gasteiger partial charge < -0.3 is 5.32 Å². The van der Waals surface area contributed by atoms with Crippen molar-refractivity contribution in [2.24, 2.45) is 0 Å². The summed E-state index contributed by atoms with van der Waals surface area (Å²) in [6.45, 7) is 2.28. The van der Waals surface area contributed by atoms with Gasteiger partial charge in [-0.15, -0.1) is 24.8 Å². The molecule has 1 saturated heterocycles. The molecule has 90 valence electrons. The molecule has 1 N–H and O–H groups in total. The van der Waals surface area contributed by atoms with Gasteiger partial charge in [-0.05, 0) is 50.0 Å². The van der Waals surface area contributed by atoms with Crippen LogP contribution >= 0.6 is 24.8 Å². The zero-order valence-corrected chi connectivity index (χ0v) is 10.8. The van der Waals surface area contributed by atoms with Crippen LogP contribution in [0, 0.1) is 0 Å². The van der Waals surface area contributed by atoms with Crippen LogP contribution in [-0.2, 0) is 0 Å². The molecular formula is C12H18Cl2N2. The summed E-state index contributed by atoms with van der Waals surface area (Å²) in [7, 11) is 0. The number of hydrogen-bond acceptors (Lipinski definition) is 2. The Kier molecular flexibility index (Phi) is 8.26. The van der Waals surface area contributed by atoms with E-state index in [1.54, 1.807) is 5.57 Å². The number of hydrogen-bond donors (Lipinski definition) is 1. The van der Waals surface area contributed by atoms with Crippen LogP contribution in [0.25, 0.3) is 6.08 Å². The summed E-state index contributed by atoms with van der Waals surface area (Å²) in [5.41, 5.74) is 2.83. The van der Waals surface area contributed by atoms with E-state index < -0.39 is 0 Å². The first kappa shape index (κ1) is 15.4. The third-order valence-corrected chi connectivity index (χ3v) is 2.55. The largest absolute Gasteiger partial charge is 0.316 e. The molecule has 1 aromatic heterocycles. The Morgan fingerprint density at radius 1 is 1.06 bits per heavy atom. The minimum Gasteiger partial charge on any atom is -0.316 e. The standard InChI is InChI=1S/C12H16N2.2ClH/c1-2-11(3-7-13-6-1)10-12-4-8-14-9-5-12;;/h4-5,8-10,13H,1-3,6-7H2;2*1H/b11-10-;;. The second kappa shape index (κ2) is 8.57. The average molecular weight is 261 g/mol. The molecule has 2 rings (SSSR count).